The van der Waals surface area contributed by atoms with E-state index in [9.17, 15) is 4.79 Å². The molecule has 124 valence electrons. The number of Topliss-reactive ketones (excluding diaryl/α,β-unsaturated/α-hetero) is 1. The Morgan fingerprint density at radius 3 is 2.00 bits per heavy atom. The van der Waals surface area contributed by atoms with Gasteiger partial charge in [-0.1, -0.05) is 73.9 Å². The van der Waals surface area contributed by atoms with E-state index in [2.05, 4.69) is 13.2 Å². The first-order valence-electron chi connectivity index (χ1n) is 7.30. The summed E-state index contributed by atoms with van der Waals surface area (Å²) in [5, 5.41) is 0. The lowest BCUT2D eigenvalue weighted by Crippen LogP contribution is -2.45. The van der Waals surface area contributed by atoms with Gasteiger partial charge >= 0.3 is 0 Å². The lowest BCUT2D eigenvalue weighted by Gasteiger charge is -2.30. The van der Waals surface area contributed by atoms with Gasteiger partial charge in [-0.25, -0.2) is 0 Å². The quantitative estimate of drug-likeness (QED) is 0.339. The lowest BCUT2D eigenvalue weighted by atomic mass is 9.93. The van der Waals surface area contributed by atoms with Gasteiger partial charge in [-0.15, -0.1) is 0 Å². The molecule has 23 heavy (non-hydrogen) atoms. The van der Waals surface area contributed by atoms with E-state index in [4.69, 9.17) is 9.47 Å². The fraction of sp³-hybridized carbons (Fsp3) is 0.250. The molecule has 0 N–H and O–H groups in total. The molecule has 0 saturated heterocycles. The van der Waals surface area contributed by atoms with Crippen molar-refractivity contribution in [1.29, 1.82) is 0 Å². The van der Waals surface area contributed by atoms with E-state index in [0.717, 1.165) is 0 Å². The van der Waals surface area contributed by atoms with Crippen molar-refractivity contribution in [1.82, 2.24) is 0 Å². The topological polar surface area (TPSA) is 35.5 Å². The summed E-state index contributed by atoms with van der Waals surface area (Å²) in [4.78, 5) is 13.1. The Labute approximate surface area is 139 Å². The highest BCUT2D eigenvalue weighted by Crippen LogP contribution is 2.28. The van der Waals surface area contributed by atoms with Crippen LogP contribution in [-0.4, -0.2) is 25.8 Å². The minimum absolute atomic E-state index is 0.305. The van der Waals surface area contributed by atoms with Gasteiger partial charge in [0.25, 0.3) is 5.79 Å². The molecule has 0 aromatic rings. The average Bonchev–Trinajstić information content (AvgIpc) is 2.57. The summed E-state index contributed by atoms with van der Waals surface area (Å²) in [5.41, 5.74) is 0.995. The Balaban J connectivity index is 6.23. The van der Waals surface area contributed by atoms with Crippen LogP contribution in [0.3, 0.4) is 0 Å². The van der Waals surface area contributed by atoms with Crippen LogP contribution >= 0.6 is 0 Å². The predicted octanol–water partition coefficient (Wildman–Crippen LogP) is 4.48. The molecule has 0 aromatic heterocycles. The maximum Gasteiger partial charge on any atom is 0.260 e. The van der Waals surface area contributed by atoms with Crippen LogP contribution in [0.15, 0.2) is 85.1 Å². The van der Waals surface area contributed by atoms with Crippen LogP contribution in [-0.2, 0) is 14.3 Å². The van der Waals surface area contributed by atoms with Crippen molar-refractivity contribution in [2.45, 2.75) is 19.6 Å². The van der Waals surface area contributed by atoms with Crippen molar-refractivity contribution in [3.63, 3.8) is 0 Å². The number of rotatable bonds is 10. The van der Waals surface area contributed by atoms with Crippen LogP contribution in [0.2, 0.25) is 0 Å². The van der Waals surface area contributed by atoms with E-state index >= 15 is 0 Å². The van der Waals surface area contributed by atoms with E-state index in [1.165, 1.54) is 14.2 Å². The van der Waals surface area contributed by atoms with Crippen molar-refractivity contribution in [2.24, 2.45) is 0 Å². The number of ketones is 1. The highest BCUT2D eigenvalue weighted by Gasteiger charge is 2.42. The SMILES string of the molecule is C=C/C=C\C(=C/C=C)C(OC)(OC)C(=O)C(/C=C\C)=C/C=C\C. The molecule has 0 radical (unpaired) electrons. The summed E-state index contributed by atoms with van der Waals surface area (Å²) in [6.45, 7) is 11.0. The second-order valence-electron chi connectivity index (χ2n) is 4.45. The van der Waals surface area contributed by atoms with Crippen LogP contribution in [0.5, 0.6) is 0 Å². The summed E-state index contributed by atoms with van der Waals surface area (Å²) in [6.07, 6.45) is 17.1. The van der Waals surface area contributed by atoms with Crippen LogP contribution in [0.25, 0.3) is 0 Å². The molecule has 0 bridgehead atoms. The Kier molecular flexibility index (Phi) is 10.3. The first-order valence-corrected chi connectivity index (χ1v) is 7.30. The van der Waals surface area contributed by atoms with Crippen LogP contribution < -0.4 is 0 Å². The zero-order chi connectivity index (χ0) is 17.7. The number of hydrogen-bond acceptors (Lipinski definition) is 3. The molecule has 0 aliphatic carbocycles. The van der Waals surface area contributed by atoms with E-state index in [1.807, 2.05) is 19.9 Å². The van der Waals surface area contributed by atoms with Crippen LogP contribution in [0, 0.1) is 0 Å². The minimum atomic E-state index is -1.55. The van der Waals surface area contributed by atoms with Crippen molar-refractivity contribution in [2.75, 3.05) is 14.2 Å². The Morgan fingerprint density at radius 2 is 1.57 bits per heavy atom. The van der Waals surface area contributed by atoms with Crippen molar-refractivity contribution in [3.8, 4) is 0 Å². The fourth-order valence-electron chi connectivity index (χ4n) is 1.99. The predicted molar refractivity (Wildman–Crippen MR) is 97.1 cm³/mol. The maximum absolute atomic E-state index is 13.1. The lowest BCUT2D eigenvalue weighted by molar-refractivity contribution is -0.184. The van der Waals surface area contributed by atoms with Crippen LogP contribution in [0.1, 0.15) is 13.8 Å². The number of ether oxygens (including phenoxy) is 2. The smallest absolute Gasteiger partial charge is 0.260 e. The molecule has 0 atom stereocenters. The Bertz CT molecular complexity index is 553. The van der Waals surface area contributed by atoms with Crippen LogP contribution in [0.4, 0.5) is 0 Å². The van der Waals surface area contributed by atoms with Gasteiger partial charge in [-0.3, -0.25) is 4.79 Å². The van der Waals surface area contributed by atoms with E-state index in [-0.39, 0.29) is 5.78 Å². The Morgan fingerprint density at radius 1 is 0.913 bits per heavy atom. The normalized spacial score (nSPS) is 14.1. The van der Waals surface area contributed by atoms with Gasteiger partial charge in [-0.2, -0.15) is 0 Å². The third kappa shape index (κ3) is 5.47. The minimum Gasteiger partial charge on any atom is -0.343 e. The second-order valence-corrected chi connectivity index (χ2v) is 4.45. The molecule has 0 heterocycles. The molecule has 0 aliphatic rings. The molecule has 3 nitrogen and oxygen atoms in total. The molecule has 0 aliphatic heterocycles. The number of carbonyl (C=O) groups excluding carboxylic acids is 1. The Hall–Kier alpha value is -2.23. The zero-order valence-electron chi connectivity index (χ0n) is 14.4. The molecule has 0 spiro atoms. The molecule has 0 aromatic carbocycles. The molecule has 0 unspecified atom stereocenters. The van der Waals surface area contributed by atoms with E-state index < -0.39 is 5.79 Å². The first-order chi connectivity index (χ1) is 11.1. The number of allylic oxidation sites excluding steroid dienone is 9. The van der Waals surface area contributed by atoms with Crippen molar-refractivity contribution >= 4 is 5.78 Å². The second kappa shape index (κ2) is 11.4. The van der Waals surface area contributed by atoms with Gasteiger partial charge in [-0.05, 0) is 13.8 Å². The number of carbonyl (C=O) groups is 1. The molecular formula is C20H26O3. The van der Waals surface area contributed by atoms with Crippen molar-refractivity contribution in [3.05, 3.63) is 85.1 Å². The van der Waals surface area contributed by atoms with Gasteiger partial charge in [0.05, 0.1) is 0 Å². The third-order valence-corrected chi connectivity index (χ3v) is 3.04. The van der Waals surface area contributed by atoms with Gasteiger partial charge in [0.1, 0.15) is 0 Å². The fourth-order valence-corrected chi connectivity index (χ4v) is 1.99. The zero-order valence-corrected chi connectivity index (χ0v) is 14.4. The summed E-state index contributed by atoms with van der Waals surface area (Å²) in [7, 11) is 2.87. The third-order valence-electron chi connectivity index (χ3n) is 3.04. The molecule has 0 amide bonds. The van der Waals surface area contributed by atoms with E-state index in [0.29, 0.717) is 11.1 Å². The van der Waals surface area contributed by atoms with Gasteiger partial charge < -0.3 is 9.47 Å². The van der Waals surface area contributed by atoms with Gasteiger partial charge in [0.2, 0.25) is 5.78 Å². The highest BCUT2D eigenvalue weighted by atomic mass is 16.7. The monoisotopic (exact) mass is 314 g/mol. The molecular weight excluding hydrogens is 288 g/mol. The summed E-state index contributed by atoms with van der Waals surface area (Å²) in [5.74, 6) is -1.86. The molecule has 3 heteroatoms. The summed E-state index contributed by atoms with van der Waals surface area (Å²) in [6, 6.07) is 0. The molecule has 0 fully saturated rings. The van der Waals surface area contributed by atoms with Crippen molar-refractivity contribution < 1.29 is 14.3 Å². The largest absolute Gasteiger partial charge is 0.343 e. The summed E-state index contributed by atoms with van der Waals surface area (Å²) >= 11 is 0. The first kappa shape index (κ1) is 20.8. The maximum atomic E-state index is 13.1. The average molecular weight is 314 g/mol. The number of methoxy groups -OCH3 is 2. The molecule has 0 rings (SSSR count). The van der Waals surface area contributed by atoms with E-state index in [1.54, 1.807) is 54.7 Å². The van der Waals surface area contributed by atoms with Gasteiger partial charge in [0, 0.05) is 25.4 Å². The highest BCUT2D eigenvalue weighted by molar-refractivity contribution is 6.05. The number of hydrogen-bond donors (Lipinski definition) is 0. The molecule has 0 saturated carbocycles. The standard InChI is InChI=1S/C20H26O3/c1-7-11-15-17(13-9-3)19(21)20(22-5,23-6)18(14-10-4)16-12-8-2/h7-16H,2,4H2,1,3,5-6H3/b11-7-,13-9-,16-12-,17-15+,18-14+. The van der Waals surface area contributed by atoms with Gasteiger partial charge in [0.15, 0.2) is 0 Å². The summed E-state index contributed by atoms with van der Waals surface area (Å²) < 4.78 is 11.0.